The Bertz CT molecular complexity index is 1130. The molecule has 0 unspecified atom stereocenters. The fraction of sp³-hybridized carbons (Fsp3) is 0.643. The Morgan fingerprint density at radius 1 is 1.11 bits per heavy atom. The number of nitrogens with zero attached hydrogens (tertiary/aromatic N) is 5. The molecule has 3 rings (SSSR count). The van der Waals surface area contributed by atoms with E-state index in [1.54, 1.807) is 11.5 Å². The van der Waals surface area contributed by atoms with Crippen molar-refractivity contribution >= 4 is 37.8 Å². The van der Waals surface area contributed by atoms with Crippen LogP contribution in [0.3, 0.4) is 0 Å². The number of anilines is 1. The van der Waals surface area contributed by atoms with Crippen molar-refractivity contribution < 1.29 is 54.8 Å². The molecule has 21 heteroatoms. The molecule has 0 aromatic carbocycles. The van der Waals surface area contributed by atoms with Crippen molar-refractivity contribution in [3.63, 3.8) is 0 Å². The highest BCUT2D eigenvalue weighted by Crippen LogP contribution is 2.33. The molecule has 202 valence electrons. The normalized spacial score (nSPS) is 22.5. The molecular formula is C14H27N7O12S2. The number of ether oxygens (including phenoxy) is 1. The fourth-order valence-electron chi connectivity index (χ4n) is 3.04. The summed E-state index contributed by atoms with van der Waals surface area (Å²) >= 11 is 0. The Hall–Kier alpha value is -2.15. The number of aliphatic hydroxyl groups is 2. The molecule has 2 aromatic heterocycles. The average Bonchev–Trinajstić information content (AvgIpc) is 3.15. The van der Waals surface area contributed by atoms with Gasteiger partial charge in [0, 0.05) is 13.1 Å². The van der Waals surface area contributed by atoms with E-state index >= 15 is 0 Å². The molecule has 35 heavy (non-hydrogen) atoms. The number of nitrogen functional groups attached to an aromatic ring is 1. The van der Waals surface area contributed by atoms with E-state index in [0.29, 0.717) is 36.7 Å². The Balaban J connectivity index is 0.000000519. The van der Waals surface area contributed by atoms with Crippen molar-refractivity contribution in [2.24, 2.45) is 5.90 Å². The van der Waals surface area contributed by atoms with Gasteiger partial charge in [0.05, 0.1) is 6.61 Å². The van der Waals surface area contributed by atoms with Gasteiger partial charge in [0.15, 0.2) is 23.2 Å². The number of aliphatic hydroxyl groups excluding tert-OH is 2. The summed E-state index contributed by atoms with van der Waals surface area (Å²) in [5, 5.41) is 20.9. The zero-order valence-electron chi connectivity index (χ0n) is 18.3. The van der Waals surface area contributed by atoms with Crippen LogP contribution in [-0.2, 0) is 30.4 Å². The highest BCUT2D eigenvalue weighted by Gasteiger charge is 2.45. The van der Waals surface area contributed by atoms with Crippen molar-refractivity contribution in [2.75, 3.05) is 32.5 Å². The van der Waals surface area contributed by atoms with Crippen LogP contribution in [0.15, 0.2) is 6.33 Å². The lowest BCUT2D eigenvalue weighted by Crippen LogP contribution is -2.39. The predicted octanol–water partition coefficient (Wildman–Crippen LogP) is -3.15. The maximum Gasteiger partial charge on any atom is 0.394 e. The summed E-state index contributed by atoms with van der Waals surface area (Å²) in [6.07, 6.45) is -2.26. The van der Waals surface area contributed by atoms with Crippen LogP contribution >= 0.6 is 0 Å². The third kappa shape index (κ3) is 10.6. The monoisotopic (exact) mass is 549 g/mol. The zero-order chi connectivity index (χ0) is 27.1. The van der Waals surface area contributed by atoms with Crippen LogP contribution in [0.4, 0.5) is 5.82 Å². The van der Waals surface area contributed by atoms with E-state index in [4.69, 9.17) is 51.4 Å². The van der Waals surface area contributed by atoms with Crippen molar-refractivity contribution in [3.8, 4) is 0 Å². The Kier molecular flexibility index (Phi) is 11.2. The molecule has 1 fully saturated rings. The minimum Gasteiger partial charge on any atom is -0.387 e. The first-order valence-electron chi connectivity index (χ1n) is 9.30. The van der Waals surface area contributed by atoms with Gasteiger partial charge in [-0.25, -0.2) is 20.8 Å². The molecule has 10 N–H and O–H groups in total. The molecule has 0 aliphatic carbocycles. The predicted molar refractivity (Wildman–Crippen MR) is 116 cm³/mol. The van der Waals surface area contributed by atoms with E-state index in [0.717, 1.165) is 0 Å². The SMILES string of the molecule is Cc1nc2c(N)ncnc2n1[C@@H]1O[C@H](CN(C)CCON)[C@@H](O)[C@H]1O.O=S(=O)(O)O.O=S(=O)(O)O. The molecule has 0 spiro atoms. The number of imidazole rings is 1. The molecule has 0 radical (unpaired) electrons. The minimum atomic E-state index is -4.67. The number of hydrogen-bond donors (Lipinski definition) is 8. The van der Waals surface area contributed by atoms with Crippen LogP contribution < -0.4 is 11.6 Å². The van der Waals surface area contributed by atoms with Crippen molar-refractivity contribution in [1.29, 1.82) is 0 Å². The van der Waals surface area contributed by atoms with Gasteiger partial charge in [0.2, 0.25) is 0 Å². The smallest absolute Gasteiger partial charge is 0.387 e. The topological polar surface area (TPSA) is 307 Å². The van der Waals surface area contributed by atoms with Crippen LogP contribution in [-0.4, -0.2) is 115 Å². The van der Waals surface area contributed by atoms with Gasteiger partial charge in [-0.3, -0.25) is 22.8 Å². The van der Waals surface area contributed by atoms with Gasteiger partial charge in [-0.05, 0) is 14.0 Å². The maximum absolute atomic E-state index is 10.5. The number of aromatic nitrogens is 4. The first-order chi connectivity index (χ1) is 15.9. The van der Waals surface area contributed by atoms with Gasteiger partial charge in [-0.15, -0.1) is 0 Å². The molecule has 2 aromatic rings. The summed E-state index contributed by atoms with van der Waals surface area (Å²) < 4.78 is 70.7. The average molecular weight is 550 g/mol. The van der Waals surface area contributed by atoms with E-state index in [9.17, 15) is 10.2 Å². The summed E-state index contributed by atoms with van der Waals surface area (Å²) in [6.45, 7) is 3.08. The van der Waals surface area contributed by atoms with Crippen LogP contribution in [0.5, 0.6) is 0 Å². The molecule has 3 heterocycles. The molecule has 0 bridgehead atoms. The van der Waals surface area contributed by atoms with Gasteiger partial charge < -0.3 is 30.4 Å². The van der Waals surface area contributed by atoms with E-state index in [1.165, 1.54) is 6.33 Å². The summed E-state index contributed by atoms with van der Waals surface area (Å²) in [4.78, 5) is 18.9. The Labute approximate surface area is 199 Å². The quantitative estimate of drug-likeness (QED) is 0.130. The number of hydrogen-bond acceptors (Lipinski definition) is 14. The van der Waals surface area contributed by atoms with Gasteiger partial charge in [-0.2, -0.15) is 16.8 Å². The molecule has 4 atom stereocenters. The summed E-state index contributed by atoms with van der Waals surface area (Å²) in [5.74, 6) is 5.83. The van der Waals surface area contributed by atoms with Gasteiger partial charge in [-0.1, -0.05) is 0 Å². The summed E-state index contributed by atoms with van der Waals surface area (Å²) in [7, 11) is -7.49. The standard InChI is InChI=1S/C14H23N7O4.2H2O4S/c1-7-19-9-12(15)17-6-18-13(9)21(7)14-11(23)10(22)8(25-14)5-20(2)3-4-24-16;2*1-5(2,3)4/h6,8,10-11,14,22-23H,3-5,16H2,1-2H3,(H2,15,17,18);2*(H2,1,2,3,4)/t8-,10-,11-,14-;;/m1../s1. The van der Waals surface area contributed by atoms with Crippen LogP contribution in [0.2, 0.25) is 0 Å². The number of aryl methyl sites for hydroxylation is 1. The largest absolute Gasteiger partial charge is 0.394 e. The minimum absolute atomic E-state index is 0.248. The second-order valence-corrected chi connectivity index (χ2v) is 8.83. The first-order valence-corrected chi connectivity index (χ1v) is 12.1. The Morgan fingerprint density at radius 2 is 1.66 bits per heavy atom. The lowest BCUT2D eigenvalue weighted by molar-refractivity contribution is -0.0445. The second kappa shape index (κ2) is 12.7. The lowest BCUT2D eigenvalue weighted by atomic mass is 10.1. The molecule has 0 amide bonds. The van der Waals surface area contributed by atoms with Gasteiger partial charge in [0.25, 0.3) is 0 Å². The van der Waals surface area contributed by atoms with Gasteiger partial charge in [0.1, 0.15) is 30.5 Å². The van der Waals surface area contributed by atoms with E-state index < -0.39 is 45.3 Å². The summed E-state index contributed by atoms with van der Waals surface area (Å²) in [6, 6.07) is 0. The number of likely N-dealkylation sites (N-methyl/N-ethyl adjacent to an activating group) is 1. The summed E-state index contributed by atoms with van der Waals surface area (Å²) in [5.41, 5.74) is 6.72. The fourth-order valence-corrected chi connectivity index (χ4v) is 3.04. The second-order valence-electron chi connectivity index (χ2n) is 7.04. The number of fused-ring (bicyclic) bond motifs is 1. The zero-order valence-corrected chi connectivity index (χ0v) is 20.0. The molecule has 1 aliphatic heterocycles. The van der Waals surface area contributed by atoms with Crippen LogP contribution in [0.25, 0.3) is 11.2 Å². The van der Waals surface area contributed by atoms with Crippen molar-refractivity contribution in [1.82, 2.24) is 24.4 Å². The molecule has 19 nitrogen and oxygen atoms in total. The molecule has 1 saturated heterocycles. The van der Waals surface area contributed by atoms with Crippen LogP contribution in [0.1, 0.15) is 12.1 Å². The number of rotatable bonds is 6. The lowest BCUT2D eigenvalue weighted by Gasteiger charge is -2.22. The van der Waals surface area contributed by atoms with Crippen molar-refractivity contribution in [2.45, 2.75) is 31.5 Å². The highest BCUT2D eigenvalue weighted by molar-refractivity contribution is 7.80. The van der Waals surface area contributed by atoms with Crippen LogP contribution in [0, 0.1) is 6.92 Å². The first kappa shape index (κ1) is 30.9. The Morgan fingerprint density at radius 3 is 2.17 bits per heavy atom. The third-order valence-corrected chi connectivity index (χ3v) is 4.36. The van der Waals surface area contributed by atoms with Crippen molar-refractivity contribution in [3.05, 3.63) is 12.2 Å². The molecule has 0 saturated carbocycles. The highest BCUT2D eigenvalue weighted by atomic mass is 32.3. The van der Waals surface area contributed by atoms with E-state index in [-0.39, 0.29) is 5.82 Å². The molecular weight excluding hydrogens is 522 g/mol. The molecule has 1 aliphatic rings. The van der Waals surface area contributed by atoms with E-state index in [2.05, 4.69) is 19.8 Å². The third-order valence-electron chi connectivity index (χ3n) is 4.36. The van der Waals surface area contributed by atoms with E-state index in [1.807, 2.05) is 11.9 Å². The van der Waals surface area contributed by atoms with Gasteiger partial charge >= 0.3 is 20.8 Å². The maximum atomic E-state index is 10.5. The number of nitrogens with two attached hydrogens (primary N) is 2.